The summed E-state index contributed by atoms with van der Waals surface area (Å²) >= 11 is 0. The Morgan fingerprint density at radius 2 is 1.95 bits per heavy atom. The topological polar surface area (TPSA) is 48.3 Å². The summed E-state index contributed by atoms with van der Waals surface area (Å²) in [7, 11) is 3.27. The molecule has 2 aromatic rings. The van der Waals surface area contributed by atoms with E-state index < -0.39 is 0 Å². The lowest BCUT2D eigenvalue weighted by Gasteiger charge is -2.14. The zero-order valence-electron chi connectivity index (χ0n) is 11.2. The summed E-state index contributed by atoms with van der Waals surface area (Å²) in [6.45, 7) is 1.44. The molecule has 1 aromatic carbocycles. The van der Waals surface area contributed by atoms with Crippen molar-refractivity contribution in [1.82, 2.24) is 15.1 Å². The van der Waals surface area contributed by atoms with Gasteiger partial charge in [0.15, 0.2) is 6.29 Å². The van der Waals surface area contributed by atoms with E-state index in [2.05, 4.69) is 22.5 Å². The van der Waals surface area contributed by atoms with Gasteiger partial charge in [-0.05, 0) is 23.8 Å². The second-order valence-corrected chi connectivity index (χ2v) is 4.15. The molecule has 5 nitrogen and oxygen atoms in total. The van der Waals surface area contributed by atoms with E-state index in [-0.39, 0.29) is 6.29 Å². The number of hydrogen-bond acceptors (Lipinski definition) is 4. The standard InChI is InChI=1S/C14H19N3O2/c1-18-14(19-2)11-15-10-12-4-6-13(7-5-12)17-9-3-8-16-17/h3-9,14-15H,10-11H2,1-2H3. The van der Waals surface area contributed by atoms with E-state index in [0.29, 0.717) is 6.54 Å². The Labute approximate surface area is 113 Å². The Bertz CT molecular complexity index is 464. The lowest BCUT2D eigenvalue weighted by molar-refractivity contribution is -0.0989. The quantitative estimate of drug-likeness (QED) is 0.769. The molecule has 5 heteroatoms. The van der Waals surface area contributed by atoms with Gasteiger partial charge in [-0.3, -0.25) is 0 Å². The fourth-order valence-electron chi connectivity index (χ4n) is 1.79. The van der Waals surface area contributed by atoms with Gasteiger partial charge in [-0.25, -0.2) is 4.68 Å². The Morgan fingerprint density at radius 3 is 2.53 bits per heavy atom. The normalized spacial score (nSPS) is 11.1. The molecule has 1 N–H and O–H groups in total. The van der Waals surface area contributed by atoms with Crippen LogP contribution in [0.25, 0.3) is 5.69 Å². The molecule has 0 amide bonds. The van der Waals surface area contributed by atoms with Crippen LogP contribution < -0.4 is 5.32 Å². The van der Waals surface area contributed by atoms with Gasteiger partial charge < -0.3 is 14.8 Å². The second kappa shape index (κ2) is 7.04. The third-order valence-corrected chi connectivity index (χ3v) is 2.87. The molecule has 0 aliphatic rings. The van der Waals surface area contributed by atoms with Crippen molar-refractivity contribution in [3.05, 3.63) is 48.3 Å². The van der Waals surface area contributed by atoms with Gasteiger partial charge in [-0.2, -0.15) is 5.10 Å². The van der Waals surface area contributed by atoms with Crippen molar-refractivity contribution in [2.24, 2.45) is 0 Å². The maximum Gasteiger partial charge on any atom is 0.169 e. The summed E-state index contributed by atoms with van der Waals surface area (Å²) < 4.78 is 12.1. The van der Waals surface area contributed by atoms with Crippen LogP contribution in [0.15, 0.2) is 42.7 Å². The number of nitrogens with one attached hydrogen (secondary N) is 1. The third-order valence-electron chi connectivity index (χ3n) is 2.87. The molecule has 0 spiro atoms. The van der Waals surface area contributed by atoms with Crippen molar-refractivity contribution in [1.29, 1.82) is 0 Å². The van der Waals surface area contributed by atoms with E-state index in [9.17, 15) is 0 Å². The average Bonchev–Trinajstić information content (AvgIpc) is 2.98. The minimum atomic E-state index is -0.205. The molecule has 0 atom stereocenters. The van der Waals surface area contributed by atoms with Gasteiger partial charge in [0.05, 0.1) is 5.69 Å². The largest absolute Gasteiger partial charge is 0.355 e. The van der Waals surface area contributed by atoms with Crippen LogP contribution in [-0.2, 0) is 16.0 Å². The number of rotatable bonds is 7. The molecule has 1 aromatic heterocycles. The van der Waals surface area contributed by atoms with Gasteiger partial charge in [0.25, 0.3) is 0 Å². The molecule has 102 valence electrons. The summed E-state index contributed by atoms with van der Waals surface area (Å²) in [5.74, 6) is 0. The Kier molecular flexibility index (Phi) is 5.09. The zero-order chi connectivity index (χ0) is 13.5. The highest BCUT2D eigenvalue weighted by Crippen LogP contribution is 2.08. The van der Waals surface area contributed by atoms with Crippen molar-refractivity contribution in [2.45, 2.75) is 12.8 Å². The first-order valence-corrected chi connectivity index (χ1v) is 6.18. The first-order valence-electron chi connectivity index (χ1n) is 6.18. The predicted octanol–water partition coefficient (Wildman–Crippen LogP) is 1.58. The highest BCUT2D eigenvalue weighted by molar-refractivity contribution is 5.33. The molecular weight excluding hydrogens is 242 g/mol. The third kappa shape index (κ3) is 3.89. The predicted molar refractivity (Wildman–Crippen MR) is 73.1 cm³/mol. The molecule has 1 heterocycles. The molecule has 0 bridgehead atoms. The van der Waals surface area contributed by atoms with E-state index in [1.807, 2.05) is 29.1 Å². The van der Waals surface area contributed by atoms with Crippen molar-refractivity contribution in [3.8, 4) is 5.69 Å². The summed E-state index contributed by atoms with van der Waals surface area (Å²) in [5, 5.41) is 7.48. The van der Waals surface area contributed by atoms with E-state index in [4.69, 9.17) is 9.47 Å². The van der Waals surface area contributed by atoms with E-state index in [0.717, 1.165) is 12.2 Å². The SMILES string of the molecule is COC(CNCc1ccc(-n2cccn2)cc1)OC. The monoisotopic (exact) mass is 261 g/mol. The second-order valence-electron chi connectivity index (χ2n) is 4.15. The summed E-state index contributed by atoms with van der Waals surface area (Å²) in [6, 6.07) is 10.2. The molecule has 0 saturated heterocycles. The first kappa shape index (κ1) is 13.7. The van der Waals surface area contributed by atoms with Crippen LogP contribution in [0.5, 0.6) is 0 Å². The molecule has 0 saturated carbocycles. The lowest BCUT2D eigenvalue weighted by atomic mass is 10.2. The molecule has 0 aliphatic carbocycles. The molecule has 0 radical (unpaired) electrons. The number of hydrogen-bond donors (Lipinski definition) is 1. The molecule has 19 heavy (non-hydrogen) atoms. The number of nitrogens with zero attached hydrogens (tertiary/aromatic N) is 2. The zero-order valence-corrected chi connectivity index (χ0v) is 11.2. The molecule has 0 unspecified atom stereocenters. The van der Waals surface area contributed by atoms with Crippen LogP contribution in [0.4, 0.5) is 0 Å². The van der Waals surface area contributed by atoms with E-state index in [1.54, 1.807) is 20.4 Å². The van der Waals surface area contributed by atoms with Crippen LogP contribution in [0, 0.1) is 0 Å². The van der Waals surface area contributed by atoms with Gasteiger partial charge in [-0.1, -0.05) is 12.1 Å². The molecule has 0 fully saturated rings. The van der Waals surface area contributed by atoms with Crippen molar-refractivity contribution in [2.75, 3.05) is 20.8 Å². The van der Waals surface area contributed by atoms with E-state index in [1.165, 1.54) is 5.56 Å². The molecule has 0 aliphatic heterocycles. The van der Waals surface area contributed by atoms with Crippen LogP contribution in [-0.4, -0.2) is 36.8 Å². The van der Waals surface area contributed by atoms with E-state index >= 15 is 0 Å². The van der Waals surface area contributed by atoms with Crippen LogP contribution >= 0.6 is 0 Å². The highest BCUT2D eigenvalue weighted by Gasteiger charge is 2.03. The van der Waals surface area contributed by atoms with Gasteiger partial charge in [0.1, 0.15) is 0 Å². The molecular formula is C14H19N3O2. The Morgan fingerprint density at radius 1 is 1.21 bits per heavy atom. The van der Waals surface area contributed by atoms with Gasteiger partial charge >= 0.3 is 0 Å². The number of ether oxygens (including phenoxy) is 2. The van der Waals surface area contributed by atoms with Gasteiger partial charge in [-0.15, -0.1) is 0 Å². The fourth-order valence-corrected chi connectivity index (χ4v) is 1.79. The summed E-state index contributed by atoms with van der Waals surface area (Å²) in [5.41, 5.74) is 2.27. The van der Waals surface area contributed by atoms with Crippen LogP contribution in [0.2, 0.25) is 0 Å². The average molecular weight is 261 g/mol. The minimum absolute atomic E-state index is 0.205. The van der Waals surface area contributed by atoms with Crippen LogP contribution in [0.3, 0.4) is 0 Å². The van der Waals surface area contributed by atoms with Gasteiger partial charge in [0, 0.05) is 39.7 Å². The lowest BCUT2D eigenvalue weighted by Crippen LogP contribution is -2.29. The Balaban J connectivity index is 1.85. The smallest absolute Gasteiger partial charge is 0.169 e. The molecule has 2 rings (SSSR count). The van der Waals surface area contributed by atoms with Crippen molar-refractivity contribution >= 4 is 0 Å². The minimum Gasteiger partial charge on any atom is -0.355 e. The number of benzene rings is 1. The van der Waals surface area contributed by atoms with Crippen molar-refractivity contribution < 1.29 is 9.47 Å². The van der Waals surface area contributed by atoms with Crippen LogP contribution in [0.1, 0.15) is 5.56 Å². The van der Waals surface area contributed by atoms with Crippen molar-refractivity contribution in [3.63, 3.8) is 0 Å². The summed E-state index contributed by atoms with van der Waals surface area (Å²) in [4.78, 5) is 0. The Hall–Kier alpha value is -1.69. The number of methoxy groups -OCH3 is 2. The highest BCUT2D eigenvalue weighted by atomic mass is 16.7. The number of aromatic nitrogens is 2. The van der Waals surface area contributed by atoms with Gasteiger partial charge in [0.2, 0.25) is 0 Å². The first-order chi connectivity index (χ1) is 9.33. The maximum atomic E-state index is 5.11. The fraction of sp³-hybridized carbons (Fsp3) is 0.357. The maximum absolute atomic E-state index is 5.11. The summed E-state index contributed by atoms with van der Waals surface area (Å²) in [6.07, 6.45) is 3.49.